The molecule has 0 fully saturated rings. The maximum absolute atomic E-state index is 13.5. The largest absolute Gasteiger partial charge is 0.435 e. The molecule has 4 aromatic rings. The number of alkyl halides is 3. The Hall–Kier alpha value is -2.36. The van der Waals surface area contributed by atoms with E-state index in [1.165, 1.54) is 23.5 Å². The molecule has 4 nitrogen and oxygen atoms in total. The van der Waals surface area contributed by atoms with Gasteiger partial charge in [0.05, 0.1) is 33.5 Å². The number of nitrogens with zero attached hydrogens (tertiary/aromatic N) is 2. The molecule has 0 atom stereocenters. The summed E-state index contributed by atoms with van der Waals surface area (Å²) in [6.45, 7) is 3.00. The van der Waals surface area contributed by atoms with E-state index >= 15 is 0 Å². The molecule has 2 aromatic heterocycles. The monoisotopic (exact) mass is 526 g/mol. The minimum absolute atomic E-state index is 0.203. The van der Waals surface area contributed by atoms with Crippen molar-refractivity contribution in [2.24, 2.45) is 0 Å². The molecule has 0 aliphatic carbocycles. The highest BCUT2D eigenvalue weighted by atomic mass is 35.5. The van der Waals surface area contributed by atoms with E-state index in [9.17, 15) is 23.4 Å². The van der Waals surface area contributed by atoms with Gasteiger partial charge in [-0.05, 0) is 73.0 Å². The normalized spacial score (nSPS) is 12.4. The molecule has 0 spiro atoms. The van der Waals surface area contributed by atoms with Crippen LogP contribution in [0.1, 0.15) is 30.7 Å². The van der Waals surface area contributed by atoms with Gasteiger partial charge in [-0.2, -0.15) is 18.3 Å². The fourth-order valence-electron chi connectivity index (χ4n) is 3.63. The Kier molecular flexibility index (Phi) is 6.56. The lowest BCUT2D eigenvalue weighted by Gasteiger charge is -2.21. The van der Waals surface area contributed by atoms with E-state index in [1.54, 1.807) is 50.2 Å². The van der Waals surface area contributed by atoms with E-state index in [1.807, 2.05) is 0 Å². The predicted octanol–water partition coefficient (Wildman–Crippen LogP) is 7.31. The maximum atomic E-state index is 13.5. The Balaban J connectivity index is 1.83. The van der Waals surface area contributed by atoms with Crippen molar-refractivity contribution in [1.82, 2.24) is 9.78 Å². The summed E-state index contributed by atoms with van der Waals surface area (Å²) in [4.78, 5) is 1.30. The van der Waals surface area contributed by atoms with E-state index in [0.717, 1.165) is 21.2 Å². The summed E-state index contributed by atoms with van der Waals surface area (Å²) in [5, 5.41) is 24.4. The summed E-state index contributed by atoms with van der Waals surface area (Å²) in [5.41, 5.74) is 0.180. The zero-order chi connectivity index (χ0) is 24.8. The second-order valence-electron chi connectivity index (χ2n) is 8.17. The molecule has 2 N–H and O–H groups in total. The fourth-order valence-corrected chi connectivity index (χ4v) is 5.00. The first-order valence-electron chi connectivity index (χ1n) is 10.1. The van der Waals surface area contributed by atoms with Crippen LogP contribution in [0.15, 0.2) is 54.6 Å². The van der Waals surface area contributed by atoms with Crippen LogP contribution >= 0.6 is 34.5 Å². The zero-order valence-electron chi connectivity index (χ0n) is 18.0. The Labute approximate surface area is 207 Å². The number of rotatable bonds is 5. The predicted molar refractivity (Wildman–Crippen MR) is 129 cm³/mol. The van der Waals surface area contributed by atoms with Crippen LogP contribution in [0.4, 0.5) is 13.2 Å². The van der Waals surface area contributed by atoms with Gasteiger partial charge in [0.1, 0.15) is 0 Å². The molecule has 0 amide bonds. The second-order valence-corrected chi connectivity index (χ2v) is 10.1. The highest BCUT2D eigenvalue weighted by molar-refractivity contribution is 7.18. The number of aromatic nitrogens is 2. The van der Waals surface area contributed by atoms with Gasteiger partial charge in [-0.3, -0.25) is 0 Å². The molecule has 0 saturated heterocycles. The van der Waals surface area contributed by atoms with Crippen molar-refractivity contribution in [3.8, 4) is 26.7 Å². The summed E-state index contributed by atoms with van der Waals surface area (Å²) in [6.07, 6.45) is -4.64. The maximum Gasteiger partial charge on any atom is 0.435 e. The Bertz CT molecular complexity index is 1360. The van der Waals surface area contributed by atoms with Crippen LogP contribution in [0.25, 0.3) is 26.7 Å². The lowest BCUT2D eigenvalue weighted by atomic mass is 9.92. The third kappa shape index (κ3) is 4.87. The number of aliphatic hydroxyl groups is 2. The lowest BCUT2D eigenvalue weighted by Crippen LogP contribution is -2.18. The summed E-state index contributed by atoms with van der Waals surface area (Å²) < 4.78 is 41.7. The molecule has 178 valence electrons. The summed E-state index contributed by atoms with van der Waals surface area (Å²) in [6, 6.07) is 14.3. The Morgan fingerprint density at radius 1 is 0.971 bits per heavy atom. The summed E-state index contributed by atoms with van der Waals surface area (Å²) in [5.74, 6) is 0. The fraction of sp³-hybridized carbons (Fsp3) is 0.208. The van der Waals surface area contributed by atoms with Gasteiger partial charge in [0.15, 0.2) is 5.69 Å². The van der Waals surface area contributed by atoms with Crippen LogP contribution in [-0.4, -0.2) is 20.0 Å². The quantitative estimate of drug-likeness (QED) is 0.286. The van der Waals surface area contributed by atoms with Gasteiger partial charge in [0, 0.05) is 9.90 Å². The van der Waals surface area contributed by atoms with Crippen LogP contribution in [0.5, 0.6) is 0 Å². The van der Waals surface area contributed by atoms with Crippen LogP contribution in [0.3, 0.4) is 0 Å². The molecule has 2 heterocycles. The van der Waals surface area contributed by atoms with Crippen molar-refractivity contribution in [2.75, 3.05) is 0 Å². The minimum Gasteiger partial charge on any atom is -0.392 e. The first kappa shape index (κ1) is 24.8. The third-order valence-corrected chi connectivity index (χ3v) is 6.93. The van der Waals surface area contributed by atoms with Gasteiger partial charge in [0.2, 0.25) is 0 Å². The van der Waals surface area contributed by atoms with Gasteiger partial charge in [0.25, 0.3) is 0 Å². The summed E-state index contributed by atoms with van der Waals surface area (Å²) in [7, 11) is 0. The number of benzene rings is 2. The van der Waals surface area contributed by atoms with Crippen molar-refractivity contribution < 1.29 is 23.4 Å². The molecule has 4 rings (SSSR count). The average molecular weight is 527 g/mol. The number of thiophene rings is 1. The van der Waals surface area contributed by atoms with Crippen LogP contribution in [0, 0.1) is 0 Å². The topological polar surface area (TPSA) is 58.3 Å². The van der Waals surface area contributed by atoms with E-state index in [4.69, 9.17) is 23.2 Å². The van der Waals surface area contributed by atoms with E-state index in [-0.39, 0.29) is 23.0 Å². The first-order valence-corrected chi connectivity index (χ1v) is 11.7. The molecule has 34 heavy (non-hydrogen) atoms. The molecule has 0 radical (unpaired) electrons. The van der Waals surface area contributed by atoms with Crippen molar-refractivity contribution in [2.45, 2.75) is 32.2 Å². The Morgan fingerprint density at radius 3 is 2.32 bits per heavy atom. The van der Waals surface area contributed by atoms with Gasteiger partial charge < -0.3 is 10.2 Å². The van der Waals surface area contributed by atoms with Crippen molar-refractivity contribution >= 4 is 34.5 Å². The zero-order valence-corrected chi connectivity index (χ0v) is 20.3. The number of hydrogen-bond acceptors (Lipinski definition) is 4. The van der Waals surface area contributed by atoms with Crippen molar-refractivity contribution in [3.63, 3.8) is 0 Å². The molecular weight excluding hydrogens is 508 g/mol. The van der Waals surface area contributed by atoms with Crippen LogP contribution in [-0.2, 0) is 18.4 Å². The van der Waals surface area contributed by atoms with E-state index in [0.29, 0.717) is 21.0 Å². The number of halogens is 5. The van der Waals surface area contributed by atoms with Crippen molar-refractivity contribution in [1.29, 1.82) is 0 Å². The van der Waals surface area contributed by atoms with E-state index in [2.05, 4.69) is 5.10 Å². The standard InChI is InChI=1S/C24H19Cl2F3N2O2S/c1-23(2,33)16-5-3-13(9-14(16)12-32)20-7-8-21(34-20)19-11-22(24(27,28)29)30-31(19)18-10-15(25)4-6-17(18)26/h3-11,32-33H,12H2,1-2H3. The highest BCUT2D eigenvalue weighted by Gasteiger charge is 2.35. The van der Waals surface area contributed by atoms with Gasteiger partial charge in [-0.1, -0.05) is 35.3 Å². The average Bonchev–Trinajstić information content (AvgIpc) is 3.41. The molecular formula is C24H19Cl2F3N2O2S. The van der Waals surface area contributed by atoms with Gasteiger partial charge in [-0.25, -0.2) is 4.68 Å². The molecule has 2 aromatic carbocycles. The smallest absolute Gasteiger partial charge is 0.392 e. The Morgan fingerprint density at radius 2 is 1.68 bits per heavy atom. The number of hydrogen-bond donors (Lipinski definition) is 2. The molecule has 10 heteroatoms. The molecule has 0 bridgehead atoms. The van der Waals surface area contributed by atoms with Crippen LogP contribution < -0.4 is 0 Å². The molecule has 0 aliphatic heterocycles. The minimum atomic E-state index is -4.64. The van der Waals surface area contributed by atoms with E-state index < -0.39 is 17.5 Å². The third-order valence-electron chi connectivity index (χ3n) is 5.21. The molecule has 0 saturated carbocycles. The second kappa shape index (κ2) is 9.02. The first-order chi connectivity index (χ1) is 15.9. The number of aliphatic hydroxyl groups excluding tert-OH is 1. The van der Waals surface area contributed by atoms with Gasteiger partial charge >= 0.3 is 6.18 Å². The lowest BCUT2D eigenvalue weighted by molar-refractivity contribution is -0.141. The van der Waals surface area contributed by atoms with Crippen LogP contribution in [0.2, 0.25) is 10.0 Å². The molecule has 0 aliphatic rings. The summed E-state index contributed by atoms with van der Waals surface area (Å²) >= 11 is 13.6. The molecule has 0 unspecified atom stereocenters. The van der Waals surface area contributed by atoms with Gasteiger partial charge in [-0.15, -0.1) is 11.3 Å². The SMILES string of the molecule is CC(C)(O)c1ccc(-c2ccc(-c3cc(C(F)(F)F)nn3-c3cc(Cl)ccc3Cl)s2)cc1CO. The van der Waals surface area contributed by atoms with Crippen molar-refractivity contribution in [3.05, 3.63) is 81.5 Å². The highest BCUT2D eigenvalue weighted by Crippen LogP contribution is 2.40.